The SMILES string of the molecule is COC1=CCC(=CCCc2ccc(C(C)(C)C)cc2)C=C1. The first-order valence-corrected chi connectivity index (χ1v) is 7.70. The van der Waals surface area contributed by atoms with Gasteiger partial charge in [-0.15, -0.1) is 0 Å². The summed E-state index contributed by atoms with van der Waals surface area (Å²) in [5, 5.41) is 0. The van der Waals surface area contributed by atoms with Crippen molar-refractivity contribution in [1.82, 2.24) is 0 Å². The van der Waals surface area contributed by atoms with E-state index >= 15 is 0 Å². The predicted molar refractivity (Wildman–Crippen MR) is 90.4 cm³/mol. The van der Waals surface area contributed by atoms with Gasteiger partial charge in [0.25, 0.3) is 0 Å². The molecule has 0 aliphatic heterocycles. The molecule has 0 radical (unpaired) electrons. The Labute approximate surface area is 129 Å². The summed E-state index contributed by atoms with van der Waals surface area (Å²) in [5.74, 6) is 0.963. The zero-order valence-electron chi connectivity index (χ0n) is 13.6. The Morgan fingerprint density at radius 2 is 1.81 bits per heavy atom. The molecule has 0 unspecified atom stereocenters. The van der Waals surface area contributed by atoms with Gasteiger partial charge in [0, 0.05) is 0 Å². The van der Waals surface area contributed by atoms with Gasteiger partial charge in [0.05, 0.1) is 7.11 Å². The molecule has 0 saturated carbocycles. The molecule has 1 aromatic rings. The Morgan fingerprint density at radius 3 is 2.33 bits per heavy atom. The number of benzene rings is 1. The lowest BCUT2D eigenvalue weighted by Crippen LogP contribution is -2.10. The van der Waals surface area contributed by atoms with Gasteiger partial charge in [0.1, 0.15) is 5.76 Å². The number of hydrogen-bond donors (Lipinski definition) is 0. The summed E-state index contributed by atoms with van der Waals surface area (Å²) in [5.41, 5.74) is 4.42. The van der Waals surface area contributed by atoms with E-state index in [4.69, 9.17) is 4.74 Å². The second-order valence-electron chi connectivity index (χ2n) is 6.61. The zero-order chi connectivity index (χ0) is 15.3. The third kappa shape index (κ3) is 4.63. The molecule has 1 heteroatoms. The van der Waals surface area contributed by atoms with Crippen LogP contribution in [0.3, 0.4) is 0 Å². The monoisotopic (exact) mass is 282 g/mol. The Hall–Kier alpha value is -1.76. The molecule has 0 fully saturated rings. The summed E-state index contributed by atoms with van der Waals surface area (Å²) in [6, 6.07) is 9.05. The van der Waals surface area contributed by atoms with Gasteiger partial charge in [-0.3, -0.25) is 0 Å². The maximum absolute atomic E-state index is 5.20. The van der Waals surface area contributed by atoms with E-state index in [-0.39, 0.29) is 5.41 Å². The number of ether oxygens (including phenoxy) is 1. The molecule has 0 spiro atoms. The van der Waals surface area contributed by atoms with Crippen LogP contribution >= 0.6 is 0 Å². The van der Waals surface area contributed by atoms with Gasteiger partial charge >= 0.3 is 0 Å². The Morgan fingerprint density at radius 1 is 1.10 bits per heavy atom. The fourth-order valence-electron chi connectivity index (χ4n) is 2.44. The van der Waals surface area contributed by atoms with E-state index in [0.29, 0.717) is 0 Å². The van der Waals surface area contributed by atoms with Crippen LogP contribution in [0.25, 0.3) is 0 Å². The van der Waals surface area contributed by atoms with Crippen LogP contribution in [-0.4, -0.2) is 7.11 Å². The molecular weight excluding hydrogens is 256 g/mol. The van der Waals surface area contributed by atoms with Crippen molar-refractivity contribution in [2.75, 3.05) is 7.11 Å². The lowest BCUT2D eigenvalue weighted by Gasteiger charge is -2.19. The third-order valence-corrected chi connectivity index (χ3v) is 3.90. The summed E-state index contributed by atoms with van der Waals surface area (Å²) in [6.07, 6.45) is 11.8. The summed E-state index contributed by atoms with van der Waals surface area (Å²) >= 11 is 0. The molecule has 21 heavy (non-hydrogen) atoms. The van der Waals surface area contributed by atoms with Crippen molar-refractivity contribution in [2.45, 2.75) is 45.4 Å². The molecule has 0 heterocycles. The van der Waals surface area contributed by atoms with Crippen molar-refractivity contribution in [2.24, 2.45) is 0 Å². The molecule has 0 aromatic heterocycles. The number of rotatable bonds is 4. The number of methoxy groups -OCH3 is 1. The summed E-state index contributed by atoms with van der Waals surface area (Å²) in [7, 11) is 1.71. The van der Waals surface area contributed by atoms with Crippen LogP contribution in [0.1, 0.15) is 44.7 Å². The molecule has 0 saturated heterocycles. The van der Waals surface area contributed by atoms with Gasteiger partial charge in [-0.05, 0) is 53.5 Å². The highest BCUT2D eigenvalue weighted by Crippen LogP contribution is 2.23. The average molecular weight is 282 g/mol. The highest BCUT2D eigenvalue weighted by Gasteiger charge is 2.12. The first-order valence-electron chi connectivity index (χ1n) is 7.70. The molecule has 1 aliphatic carbocycles. The minimum absolute atomic E-state index is 0.235. The average Bonchev–Trinajstić information content (AvgIpc) is 2.47. The molecule has 0 atom stereocenters. The van der Waals surface area contributed by atoms with Crippen molar-refractivity contribution >= 4 is 0 Å². The van der Waals surface area contributed by atoms with Gasteiger partial charge in [-0.25, -0.2) is 0 Å². The summed E-state index contributed by atoms with van der Waals surface area (Å²) < 4.78 is 5.20. The van der Waals surface area contributed by atoms with Crippen LogP contribution in [0.5, 0.6) is 0 Å². The molecule has 0 N–H and O–H groups in total. The number of allylic oxidation sites excluding steroid dienone is 5. The zero-order valence-corrected chi connectivity index (χ0v) is 13.6. The standard InChI is InChI=1S/C20H26O/c1-20(2,3)18-12-8-16(9-13-18)6-5-7-17-10-14-19(21-4)15-11-17/h7-10,12-15H,5-6,11H2,1-4H3. The maximum atomic E-state index is 5.20. The van der Waals surface area contributed by atoms with Crippen molar-refractivity contribution in [3.63, 3.8) is 0 Å². The van der Waals surface area contributed by atoms with Gasteiger partial charge in [-0.1, -0.05) is 57.2 Å². The highest BCUT2D eigenvalue weighted by atomic mass is 16.5. The van der Waals surface area contributed by atoms with Crippen LogP contribution in [0.2, 0.25) is 0 Å². The molecule has 2 rings (SSSR count). The van der Waals surface area contributed by atoms with E-state index in [1.54, 1.807) is 7.11 Å². The Bertz CT molecular complexity index is 550. The van der Waals surface area contributed by atoms with Crippen molar-refractivity contribution in [3.8, 4) is 0 Å². The topological polar surface area (TPSA) is 9.23 Å². The van der Waals surface area contributed by atoms with E-state index in [0.717, 1.165) is 25.0 Å². The molecule has 1 aromatic carbocycles. The molecule has 0 amide bonds. The summed E-state index contributed by atoms with van der Waals surface area (Å²) in [6.45, 7) is 6.76. The maximum Gasteiger partial charge on any atom is 0.115 e. The highest BCUT2D eigenvalue weighted by molar-refractivity contribution is 5.33. The van der Waals surface area contributed by atoms with Crippen LogP contribution in [0.15, 0.2) is 59.9 Å². The summed E-state index contributed by atoms with van der Waals surface area (Å²) in [4.78, 5) is 0. The second-order valence-corrected chi connectivity index (χ2v) is 6.61. The second kappa shape index (κ2) is 6.80. The van der Waals surface area contributed by atoms with E-state index < -0.39 is 0 Å². The van der Waals surface area contributed by atoms with Gasteiger partial charge < -0.3 is 4.74 Å². The normalized spacial score (nSPS) is 17.0. The van der Waals surface area contributed by atoms with Crippen LogP contribution in [-0.2, 0) is 16.6 Å². The predicted octanol–water partition coefficient (Wildman–Crippen LogP) is 5.33. The molecule has 1 nitrogen and oxygen atoms in total. The Kier molecular flexibility index (Phi) is 5.06. The number of hydrogen-bond acceptors (Lipinski definition) is 1. The first kappa shape index (κ1) is 15.6. The lowest BCUT2D eigenvalue weighted by molar-refractivity contribution is 0.304. The van der Waals surface area contributed by atoms with E-state index in [1.807, 2.05) is 6.08 Å². The first-order chi connectivity index (χ1) is 9.99. The van der Waals surface area contributed by atoms with Crippen LogP contribution < -0.4 is 0 Å². The van der Waals surface area contributed by atoms with Crippen molar-refractivity contribution in [3.05, 3.63) is 71.0 Å². The van der Waals surface area contributed by atoms with Crippen molar-refractivity contribution < 1.29 is 4.74 Å². The van der Waals surface area contributed by atoms with Crippen LogP contribution in [0, 0.1) is 0 Å². The number of aryl methyl sites for hydroxylation is 1. The van der Waals surface area contributed by atoms with Gasteiger partial charge in [0.2, 0.25) is 0 Å². The molecular formula is C20H26O. The van der Waals surface area contributed by atoms with Crippen LogP contribution in [0.4, 0.5) is 0 Å². The van der Waals surface area contributed by atoms with Gasteiger partial charge in [-0.2, -0.15) is 0 Å². The quantitative estimate of drug-likeness (QED) is 0.725. The minimum Gasteiger partial charge on any atom is -0.497 e. The molecule has 1 aliphatic rings. The van der Waals surface area contributed by atoms with E-state index in [1.165, 1.54) is 16.7 Å². The largest absolute Gasteiger partial charge is 0.497 e. The molecule has 0 bridgehead atoms. The smallest absolute Gasteiger partial charge is 0.115 e. The fourth-order valence-corrected chi connectivity index (χ4v) is 2.44. The fraction of sp³-hybridized carbons (Fsp3) is 0.400. The minimum atomic E-state index is 0.235. The molecule has 112 valence electrons. The van der Waals surface area contributed by atoms with E-state index in [9.17, 15) is 0 Å². The van der Waals surface area contributed by atoms with Gasteiger partial charge in [0.15, 0.2) is 0 Å². The van der Waals surface area contributed by atoms with E-state index in [2.05, 4.69) is 63.3 Å². The van der Waals surface area contributed by atoms with Crippen molar-refractivity contribution in [1.29, 1.82) is 0 Å². The third-order valence-electron chi connectivity index (χ3n) is 3.90. The Balaban J connectivity index is 1.87. The lowest BCUT2D eigenvalue weighted by atomic mass is 9.86.